The number of fused-ring (bicyclic) bond motifs is 1. The summed E-state index contributed by atoms with van der Waals surface area (Å²) in [6.45, 7) is 0.953. The molecule has 2 aromatic carbocycles. The Morgan fingerprint density at radius 2 is 2.00 bits per heavy atom. The van der Waals surface area contributed by atoms with Gasteiger partial charge in [-0.05, 0) is 30.3 Å². The molecule has 0 spiro atoms. The summed E-state index contributed by atoms with van der Waals surface area (Å²) in [5.74, 6) is -0.138. The molecule has 2 N–H and O–H groups in total. The summed E-state index contributed by atoms with van der Waals surface area (Å²) in [7, 11) is 1.60. The minimum Gasteiger partial charge on any atom is -0.383 e. The third-order valence-electron chi connectivity index (χ3n) is 4.19. The number of aromatic amines is 1. The van der Waals surface area contributed by atoms with Gasteiger partial charge in [0.05, 0.1) is 24.0 Å². The molecule has 0 unspecified atom stereocenters. The van der Waals surface area contributed by atoms with Crippen LogP contribution in [0.4, 0.5) is 0 Å². The SMILES string of the molecule is COCCNC(=O)c1ccc(-n2cc(-c3n[nH]c4ccccc34)nn2)cc1. The van der Waals surface area contributed by atoms with E-state index in [2.05, 4.69) is 25.8 Å². The van der Waals surface area contributed by atoms with Gasteiger partial charge in [0.15, 0.2) is 0 Å². The molecule has 2 aromatic heterocycles. The standard InChI is InChI=1S/C19H18N6O2/c1-27-11-10-20-19(26)13-6-8-14(9-7-13)25-12-17(22-24-25)18-15-4-2-3-5-16(15)21-23-18/h2-9,12H,10-11H2,1H3,(H,20,26)(H,21,23). The molecule has 4 rings (SSSR count). The molecule has 27 heavy (non-hydrogen) atoms. The largest absolute Gasteiger partial charge is 0.383 e. The third kappa shape index (κ3) is 3.42. The second-order valence-electron chi connectivity index (χ2n) is 5.96. The van der Waals surface area contributed by atoms with Crippen LogP contribution < -0.4 is 5.32 Å². The molecule has 8 nitrogen and oxygen atoms in total. The zero-order chi connectivity index (χ0) is 18.6. The van der Waals surface area contributed by atoms with Gasteiger partial charge in [0.2, 0.25) is 0 Å². The van der Waals surface area contributed by atoms with E-state index in [0.29, 0.717) is 24.4 Å². The van der Waals surface area contributed by atoms with E-state index >= 15 is 0 Å². The topological polar surface area (TPSA) is 97.7 Å². The van der Waals surface area contributed by atoms with E-state index in [-0.39, 0.29) is 5.91 Å². The Bertz CT molecular complexity index is 1070. The van der Waals surface area contributed by atoms with Gasteiger partial charge in [-0.15, -0.1) is 5.10 Å². The number of H-pyrrole nitrogens is 1. The van der Waals surface area contributed by atoms with E-state index in [9.17, 15) is 4.79 Å². The number of benzene rings is 2. The van der Waals surface area contributed by atoms with Gasteiger partial charge in [0, 0.05) is 24.6 Å². The first kappa shape index (κ1) is 16.9. The van der Waals surface area contributed by atoms with E-state index in [0.717, 1.165) is 22.3 Å². The minimum atomic E-state index is -0.138. The first-order valence-corrected chi connectivity index (χ1v) is 8.49. The Balaban J connectivity index is 1.54. The molecule has 136 valence electrons. The highest BCUT2D eigenvalue weighted by Crippen LogP contribution is 2.24. The third-order valence-corrected chi connectivity index (χ3v) is 4.19. The number of nitrogens with one attached hydrogen (secondary N) is 2. The summed E-state index contributed by atoms with van der Waals surface area (Å²) in [5.41, 5.74) is 3.77. The fourth-order valence-electron chi connectivity index (χ4n) is 2.79. The highest BCUT2D eigenvalue weighted by atomic mass is 16.5. The summed E-state index contributed by atoms with van der Waals surface area (Å²) in [5, 5.41) is 19.5. The molecule has 0 aliphatic heterocycles. The number of nitrogens with zero attached hydrogens (tertiary/aromatic N) is 4. The number of amides is 1. The fourth-order valence-corrected chi connectivity index (χ4v) is 2.79. The van der Waals surface area contributed by atoms with Gasteiger partial charge in [-0.3, -0.25) is 9.89 Å². The maximum absolute atomic E-state index is 12.0. The number of ether oxygens (including phenoxy) is 1. The zero-order valence-corrected chi connectivity index (χ0v) is 14.7. The van der Waals surface area contributed by atoms with Crippen LogP contribution in [0.3, 0.4) is 0 Å². The number of carbonyl (C=O) groups is 1. The summed E-state index contributed by atoms with van der Waals surface area (Å²) < 4.78 is 6.58. The Morgan fingerprint density at radius 3 is 2.81 bits per heavy atom. The van der Waals surface area contributed by atoms with Gasteiger partial charge < -0.3 is 10.1 Å². The number of hydrogen-bond donors (Lipinski definition) is 2. The maximum atomic E-state index is 12.0. The van der Waals surface area contributed by atoms with Crippen molar-refractivity contribution in [3.05, 3.63) is 60.3 Å². The van der Waals surface area contributed by atoms with E-state index in [1.807, 2.05) is 42.6 Å². The molecule has 2 heterocycles. The lowest BCUT2D eigenvalue weighted by atomic mass is 10.2. The molecule has 0 saturated heterocycles. The van der Waals surface area contributed by atoms with Crippen LogP contribution in [0.1, 0.15) is 10.4 Å². The highest BCUT2D eigenvalue weighted by molar-refractivity contribution is 5.94. The zero-order valence-electron chi connectivity index (χ0n) is 14.7. The first-order chi connectivity index (χ1) is 13.3. The van der Waals surface area contributed by atoms with E-state index in [1.54, 1.807) is 23.9 Å². The van der Waals surface area contributed by atoms with Gasteiger partial charge in [0.25, 0.3) is 5.91 Å². The molecule has 1 amide bonds. The number of rotatable bonds is 6. The quantitative estimate of drug-likeness (QED) is 0.513. The van der Waals surface area contributed by atoms with Crippen molar-refractivity contribution in [3.8, 4) is 17.1 Å². The van der Waals surface area contributed by atoms with Crippen LogP contribution in [0.25, 0.3) is 28.0 Å². The van der Waals surface area contributed by atoms with Gasteiger partial charge in [0.1, 0.15) is 11.4 Å². The predicted molar refractivity (Wildman–Crippen MR) is 101 cm³/mol. The number of carbonyl (C=O) groups excluding carboxylic acids is 1. The van der Waals surface area contributed by atoms with Crippen molar-refractivity contribution < 1.29 is 9.53 Å². The molecule has 0 aliphatic rings. The van der Waals surface area contributed by atoms with Crippen LogP contribution in [-0.2, 0) is 4.74 Å². The lowest BCUT2D eigenvalue weighted by Crippen LogP contribution is -2.26. The average Bonchev–Trinajstić information content (AvgIpc) is 3.35. The Morgan fingerprint density at radius 1 is 1.19 bits per heavy atom. The summed E-state index contributed by atoms with van der Waals surface area (Å²) in [6, 6.07) is 15.0. The first-order valence-electron chi connectivity index (χ1n) is 8.49. The van der Waals surface area contributed by atoms with Gasteiger partial charge in [-0.2, -0.15) is 5.10 Å². The van der Waals surface area contributed by atoms with Crippen molar-refractivity contribution in [1.82, 2.24) is 30.5 Å². The Hall–Kier alpha value is -3.52. The predicted octanol–water partition coefficient (Wildman–Crippen LogP) is 2.19. The minimum absolute atomic E-state index is 0.138. The maximum Gasteiger partial charge on any atom is 0.251 e. The van der Waals surface area contributed by atoms with Gasteiger partial charge in [-0.1, -0.05) is 23.4 Å². The summed E-state index contributed by atoms with van der Waals surface area (Å²) >= 11 is 0. The lowest BCUT2D eigenvalue weighted by Gasteiger charge is -2.05. The van der Waals surface area contributed by atoms with Crippen LogP contribution in [-0.4, -0.2) is 51.4 Å². The van der Waals surface area contributed by atoms with E-state index < -0.39 is 0 Å². The molecule has 4 aromatic rings. The van der Waals surface area contributed by atoms with E-state index in [4.69, 9.17) is 4.74 Å². The molecule has 0 bridgehead atoms. The van der Waals surface area contributed by atoms with Gasteiger partial charge in [-0.25, -0.2) is 4.68 Å². The molecule has 8 heteroatoms. The average molecular weight is 362 g/mol. The number of hydrogen-bond acceptors (Lipinski definition) is 5. The second kappa shape index (κ2) is 7.38. The van der Waals surface area contributed by atoms with Crippen molar-refractivity contribution in [2.24, 2.45) is 0 Å². The molecule has 0 atom stereocenters. The van der Waals surface area contributed by atoms with Crippen LogP contribution in [0.5, 0.6) is 0 Å². The summed E-state index contributed by atoms with van der Waals surface area (Å²) in [4.78, 5) is 12.0. The number of methoxy groups -OCH3 is 1. The van der Waals surface area contributed by atoms with Gasteiger partial charge >= 0.3 is 0 Å². The van der Waals surface area contributed by atoms with Crippen molar-refractivity contribution in [1.29, 1.82) is 0 Å². The van der Waals surface area contributed by atoms with Crippen molar-refractivity contribution in [3.63, 3.8) is 0 Å². The molecule has 0 aliphatic carbocycles. The number of para-hydroxylation sites is 1. The van der Waals surface area contributed by atoms with Crippen LogP contribution in [0, 0.1) is 0 Å². The Labute approximate surface area is 155 Å². The molecule has 0 saturated carbocycles. The second-order valence-corrected chi connectivity index (χ2v) is 5.96. The Kier molecular flexibility index (Phi) is 4.63. The van der Waals surface area contributed by atoms with Crippen LogP contribution in [0.2, 0.25) is 0 Å². The summed E-state index contributed by atoms with van der Waals surface area (Å²) in [6.07, 6.45) is 1.82. The van der Waals surface area contributed by atoms with Crippen LogP contribution in [0.15, 0.2) is 54.7 Å². The van der Waals surface area contributed by atoms with Crippen LogP contribution >= 0.6 is 0 Å². The van der Waals surface area contributed by atoms with Crippen molar-refractivity contribution in [2.45, 2.75) is 0 Å². The fraction of sp³-hybridized carbons (Fsp3) is 0.158. The monoisotopic (exact) mass is 362 g/mol. The van der Waals surface area contributed by atoms with Crippen molar-refractivity contribution >= 4 is 16.8 Å². The van der Waals surface area contributed by atoms with E-state index in [1.165, 1.54) is 0 Å². The van der Waals surface area contributed by atoms with Crippen molar-refractivity contribution in [2.75, 3.05) is 20.3 Å². The highest BCUT2D eigenvalue weighted by Gasteiger charge is 2.12. The lowest BCUT2D eigenvalue weighted by molar-refractivity contribution is 0.0937. The number of aromatic nitrogens is 5. The normalized spacial score (nSPS) is 11.0. The molecular formula is C19H18N6O2. The smallest absolute Gasteiger partial charge is 0.251 e. The molecular weight excluding hydrogens is 344 g/mol. The molecule has 0 radical (unpaired) electrons. The molecule has 0 fully saturated rings.